The van der Waals surface area contributed by atoms with Crippen LogP contribution in [0.3, 0.4) is 0 Å². The lowest BCUT2D eigenvalue weighted by Crippen LogP contribution is -2.40. The second kappa shape index (κ2) is 3.31. The summed E-state index contributed by atoms with van der Waals surface area (Å²) in [5.41, 5.74) is -3.90. The predicted molar refractivity (Wildman–Crippen MR) is 42.0 cm³/mol. The van der Waals surface area contributed by atoms with Crippen LogP contribution in [0.15, 0.2) is 30.3 Å². The SMILES string of the molecule is N#CC(O)(c1ccccc1)C(F)(F)F. The van der Waals surface area contributed by atoms with E-state index in [0.717, 1.165) is 18.2 Å². The van der Waals surface area contributed by atoms with Crippen LogP contribution in [0.5, 0.6) is 0 Å². The zero-order valence-electron chi connectivity index (χ0n) is 6.92. The largest absolute Gasteiger partial charge is 0.435 e. The highest BCUT2D eigenvalue weighted by atomic mass is 19.4. The van der Waals surface area contributed by atoms with Crippen LogP contribution >= 0.6 is 0 Å². The van der Waals surface area contributed by atoms with Crippen LogP contribution in [-0.4, -0.2) is 11.3 Å². The summed E-state index contributed by atoms with van der Waals surface area (Å²) in [6.07, 6.45) is -5.00. The molecule has 0 amide bonds. The van der Waals surface area contributed by atoms with Gasteiger partial charge in [0, 0.05) is 5.56 Å². The molecule has 14 heavy (non-hydrogen) atoms. The van der Waals surface area contributed by atoms with Gasteiger partial charge in [-0.1, -0.05) is 30.3 Å². The quantitative estimate of drug-likeness (QED) is 0.706. The lowest BCUT2D eigenvalue weighted by Gasteiger charge is -2.23. The molecular formula is C9H6F3NO. The van der Waals surface area contributed by atoms with Gasteiger partial charge < -0.3 is 5.11 Å². The Hall–Kier alpha value is -1.54. The molecule has 0 heterocycles. The summed E-state index contributed by atoms with van der Waals surface area (Å²) in [7, 11) is 0. The minimum absolute atomic E-state index is 0.477. The van der Waals surface area contributed by atoms with E-state index in [-0.39, 0.29) is 0 Å². The van der Waals surface area contributed by atoms with E-state index < -0.39 is 17.3 Å². The highest BCUT2D eigenvalue weighted by Crippen LogP contribution is 2.37. The van der Waals surface area contributed by atoms with E-state index in [1.807, 2.05) is 0 Å². The zero-order chi connectivity index (χ0) is 10.8. The average molecular weight is 201 g/mol. The van der Waals surface area contributed by atoms with Crippen LogP contribution < -0.4 is 0 Å². The highest BCUT2D eigenvalue weighted by Gasteiger charge is 2.55. The van der Waals surface area contributed by atoms with Crippen LogP contribution in [0.2, 0.25) is 0 Å². The first-order chi connectivity index (χ1) is 6.42. The molecule has 1 aromatic rings. The van der Waals surface area contributed by atoms with Gasteiger partial charge in [0.1, 0.15) is 6.07 Å². The molecule has 0 spiro atoms. The minimum Gasteiger partial charge on any atom is -0.365 e. The number of hydrogen-bond acceptors (Lipinski definition) is 2. The maximum atomic E-state index is 12.3. The van der Waals surface area contributed by atoms with E-state index in [9.17, 15) is 13.2 Å². The molecule has 0 bridgehead atoms. The van der Waals surface area contributed by atoms with Gasteiger partial charge in [-0.3, -0.25) is 0 Å². The molecule has 1 N–H and O–H groups in total. The Bertz CT molecular complexity index is 355. The Morgan fingerprint density at radius 2 is 1.64 bits per heavy atom. The maximum absolute atomic E-state index is 12.3. The molecule has 0 saturated carbocycles. The molecule has 5 heteroatoms. The van der Waals surface area contributed by atoms with Crippen molar-refractivity contribution in [1.82, 2.24) is 0 Å². The van der Waals surface area contributed by atoms with Gasteiger partial charge in [-0.25, -0.2) is 0 Å². The molecule has 0 aromatic heterocycles. The number of alkyl halides is 3. The number of rotatable bonds is 1. The summed E-state index contributed by atoms with van der Waals surface area (Å²) in [5.74, 6) is 0. The molecular weight excluding hydrogens is 195 g/mol. The topological polar surface area (TPSA) is 44.0 Å². The van der Waals surface area contributed by atoms with E-state index in [1.54, 1.807) is 0 Å². The number of halogens is 3. The Morgan fingerprint density at radius 1 is 1.14 bits per heavy atom. The Morgan fingerprint density at radius 3 is 2.00 bits per heavy atom. The van der Waals surface area contributed by atoms with Gasteiger partial charge in [0.2, 0.25) is 0 Å². The van der Waals surface area contributed by atoms with Crippen LogP contribution in [-0.2, 0) is 5.60 Å². The van der Waals surface area contributed by atoms with E-state index in [0.29, 0.717) is 0 Å². The lowest BCUT2D eigenvalue weighted by atomic mass is 9.95. The van der Waals surface area contributed by atoms with Crippen molar-refractivity contribution < 1.29 is 18.3 Å². The second-order valence-electron chi connectivity index (χ2n) is 2.69. The lowest BCUT2D eigenvalue weighted by molar-refractivity contribution is -0.241. The van der Waals surface area contributed by atoms with Crippen LogP contribution in [0.25, 0.3) is 0 Å². The third-order valence-electron chi connectivity index (χ3n) is 1.76. The van der Waals surface area contributed by atoms with Gasteiger partial charge in [0.15, 0.2) is 0 Å². The number of hydrogen-bond donors (Lipinski definition) is 1. The first kappa shape index (κ1) is 10.5. The molecule has 0 saturated heterocycles. The fraction of sp³-hybridized carbons (Fsp3) is 0.222. The van der Waals surface area contributed by atoms with Gasteiger partial charge >= 0.3 is 6.18 Å². The number of benzene rings is 1. The van der Waals surface area contributed by atoms with Crippen molar-refractivity contribution in [2.45, 2.75) is 11.8 Å². The van der Waals surface area contributed by atoms with Crippen molar-refractivity contribution in [2.75, 3.05) is 0 Å². The third kappa shape index (κ3) is 1.56. The first-order valence-electron chi connectivity index (χ1n) is 3.67. The van der Waals surface area contributed by atoms with Crippen molar-refractivity contribution >= 4 is 0 Å². The maximum Gasteiger partial charge on any atom is 0.435 e. The fourth-order valence-electron chi connectivity index (χ4n) is 0.971. The standard InChI is InChI=1S/C9H6F3NO/c10-9(11,12)8(14,6-13)7-4-2-1-3-5-7/h1-5,14H. The normalized spacial score (nSPS) is 15.6. The average Bonchev–Trinajstić information content (AvgIpc) is 2.16. The number of nitriles is 1. The van der Waals surface area contributed by atoms with Crippen molar-refractivity contribution in [3.05, 3.63) is 35.9 Å². The van der Waals surface area contributed by atoms with Crippen molar-refractivity contribution in [2.24, 2.45) is 0 Å². The predicted octanol–water partition coefficient (Wildman–Crippen LogP) is 1.96. The second-order valence-corrected chi connectivity index (χ2v) is 2.69. The molecule has 0 aliphatic carbocycles. The van der Waals surface area contributed by atoms with Crippen molar-refractivity contribution in [3.8, 4) is 6.07 Å². The van der Waals surface area contributed by atoms with E-state index in [2.05, 4.69) is 0 Å². The number of nitrogens with zero attached hydrogens (tertiary/aromatic N) is 1. The molecule has 1 unspecified atom stereocenters. The zero-order valence-corrected chi connectivity index (χ0v) is 6.92. The molecule has 0 aliphatic rings. The molecule has 1 rings (SSSR count). The van der Waals surface area contributed by atoms with Gasteiger partial charge in [-0.2, -0.15) is 18.4 Å². The first-order valence-corrected chi connectivity index (χ1v) is 3.67. The van der Waals surface area contributed by atoms with E-state index >= 15 is 0 Å². The van der Waals surface area contributed by atoms with Gasteiger partial charge in [0.25, 0.3) is 5.60 Å². The smallest absolute Gasteiger partial charge is 0.365 e. The van der Waals surface area contributed by atoms with Gasteiger partial charge in [0.05, 0.1) is 0 Å². The Labute approximate surface area is 78.2 Å². The number of aliphatic hydroxyl groups is 1. The monoisotopic (exact) mass is 201 g/mol. The van der Waals surface area contributed by atoms with Crippen molar-refractivity contribution in [3.63, 3.8) is 0 Å². The summed E-state index contributed by atoms with van der Waals surface area (Å²) >= 11 is 0. The minimum atomic E-state index is -5.00. The van der Waals surface area contributed by atoms with Crippen LogP contribution in [0.1, 0.15) is 5.56 Å². The van der Waals surface area contributed by atoms with E-state index in [1.165, 1.54) is 18.2 Å². The molecule has 2 nitrogen and oxygen atoms in total. The van der Waals surface area contributed by atoms with E-state index in [4.69, 9.17) is 10.4 Å². The molecule has 0 fully saturated rings. The Balaban J connectivity index is 3.25. The molecule has 74 valence electrons. The Kier molecular flexibility index (Phi) is 2.49. The van der Waals surface area contributed by atoms with Crippen molar-refractivity contribution in [1.29, 1.82) is 5.26 Å². The highest BCUT2D eigenvalue weighted by molar-refractivity contribution is 5.30. The molecule has 1 aromatic carbocycles. The van der Waals surface area contributed by atoms with Gasteiger partial charge in [-0.05, 0) is 0 Å². The third-order valence-corrected chi connectivity index (χ3v) is 1.76. The summed E-state index contributed by atoms with van der Waals surface area (Å²) < 4.78 is 37.0. The molecule has 0 radical (unpaired) electrons. The van der Waals surface area contributed by atoms with Crippen LogP contribution in [0, 0.1) is 11.3 Å². The van der Waals surface area contributed by atoms with Gasteiger partial charge in [-0.15, -0.1) is 0 Å². The molecule has 0 aliphatic heterocycles. The summed E-state index contributed by atoms with van der Waals surface area (Å²) in [6, 6.07) is 7.11. The fourth-order valence-corrected chi connectivity index (χ4v) is 0.971. The summed E-state index contributed by atoms with van der Waals surface area (Å²) in [5, 5.41) is 17.5. The summed E-state index contributed by atoms with van der Waals surface area (Å²) in [4.78, 5) is 0. The van der Waals surface area contributed by atoms with Crippen LogP contribution in [0.4, 0.5) is 13.2 Å². The molecule has 1 atom stereocenters. The summed E-state index contributed by atoms with van der Waals surface area (Å²) in [6.45, 7) is 0.